The zero-order valence-electron chi connectivity index (χ0n) is 34.9. The summed E-state index contributed by atoms with van der Waals surface area (Å²) in [6.45, 7) is 13.6. The Bertz CT molecular complexity index is 776. The molecule has 0 aromatic heterocycles. The maximum absolute atomic E-state index is 12.7. The first-order chi connectivity index (χ1) is 25.1. The van der Waals surface area contributed by atoms with Gasteiger partial charge in [-0.15, -0.1) is 0 Å². The highest BCUT2D eigenvalue weighted by Gasteiger charge is 2.19. The van der Waals surface area contributed by atoms with E-state index in [4.69, 9.17) is 19.7 Å². The number of rotatable bonds is 36. The summed E-state index contributed by atoms with van der Waals surface area (Å²) in [5.74, 6) is -0.426. The molecule has 0 saturated carbocycles. The molecule has 0 aliphatic rings. The molecule has 4 unspecified atom stereocenters. The van der Waals surface area contributed by atoms with Crippen molar-refractivity contribution in [2.75, 3.05) is 0 Å². The van der Waals surface area contributed by atoms with Crippen LogP contribution in [0.2, 0.25) is 0 Å². The molecule has 52 heavy (non-hydrogen) atoms. The second kappa shape index (κ2) is 38.6. The Morgan fingerprint density at radius 3 is 1.04 bits per heavy atom. The van der Waals surface area contributed by atoms with E-state index >= 15 is 0 Å². The fourth-order valence-corrected chi connectivity index (χ4v) is 6.64. The lowest BCUT2D eigenvalue weighted by molar-refractivity contribution is -0.152. The molecule has 0 spiro atoms. The van der Waals surface area contributed by atoms with Crippen LogP contribution in [-0.2, 0) is 28.7 Å². The minimum absolute atomic E-state index is 0.0488. The van der Waals surface area contributed by atoms with E-state index < -0.39 is 11.9 Å². The third-order valence-corrected chi connectivity index (χ3v) is 10.3. The molecular formula is C44H84O8. The van der Waals surface area contributed by atoms with Gasteiger partial charge in [0.15, 0.2) is 0 Å². The molecule has 0 aromatic carbocycles. The van der Waals surface area contributed by atoms with Crippen LogP contribution in [0.1, 0.15) is 234 Å². The van der Waals surface area contributed by atoms with Crippen LogP contribution in [0.4, 0.5) is 0 Å². The van der Waals surface area contributed by atoms with Gasteiger partial charge in [-0.3, -0.25) is 19.2 Å². The Balaban J connectivity index is 0. The number of esters is 2. The molecule has 0 fully saturated rings. The number of carbonyl (C=O) groups excluding carboxylic acids is 2. The van der Waals surface area contributed by atoms with Gasteiger partial charge in [0.2, 0.25) is 0 Å². The molecule has 0 aliphatic heterocycles. The zero-order valence-corrected chi connectivity index (χ0v) is 34.9. The van der Waals surface area contributed by atoms with Crippen molar-refractivity contribution in [2.24, 2.45) is 11.8 Å². The molecule has 0 amide bonds. The Morgan fingerprint density at radius 2 is 0.731 bits per heavy atom. The van der Waals surface area contributed by atoms with E-state index in [0.29, 0.717) is 38.5 Å². The highest BCUT2D eigenvalue weighted by molar-refractivity contribution is 5.71. The number of hydrogen-bond acceptors (Lipinski definition) is 6. The molecule has 0 saturated heterocycles. The standard InChI is InChI=1S/C38H74O4.C6H10O4/c1-7-13-17-19-25-35(31-29-33(11-5)23-15-9-3)41-37(39)27-21-22-28-38(40)42-36(26-20-18-14-8-2)32-30-34(12-6)24-16-10-4;7-5(8)3-1-2-4-6(9)10/h33-36H,7-32H2,1-6H3;1-4H2,(H,7,8)(H,9,10). The van der Waals surface area contributed by atoms with Crippen LogP contribution in [0.15, 0.2) is 0 Å². The summed E-state index contributed by atoms with van der Waals surface area (Å²) in [7, 11) is 0. The lowest BCUT2D eigenvalue weighted by Gasteiger charge is -2.22. The van der Waals surface area contributed by atoms with Crippen molar-refractivity contribution in [3.8, 4) is 0 Å². The minimum atomic E-state index is -0.870. The van der Waals surface area contributed by atoms with Gasteiger partial charge in [-0.1, -0.05) is 131 Å². The van der Waals surface area contributed by atoms with E-state index in [2.05, 4.69) is 41.5 Å². The fraction of sp³-hybridized carbons (Fsp3) is 0.909. The molecule has 0 rings (SSSR count). The van der Waals surface area contributed by atoms with Gasteiger partial charge in [-0.05, 0) is 88.9 Å². The van der Waals surface area contributed by atoms with E-state index in [0.717, 1.165) is 63.2 Å². The number of carbonyl (C=O) groups is 4. The molecular weight excluding hydrogens is 656 g/mol. The van der Waals surface area contributed by atoms with Gasteiger partial charge in [0.1, 0.15) is 12.2 Å². The maximum Gasteiger partial charge on any atom is 0.306 e. The van der Waals surface area contributed by atoms with Crippen molar-refractivity contribution in [3.05, 3.63) is 0 Å². The molecule has 0 radical (unpaired) electrons. The largest absolute Gasteiger partial charge is 0.481 e. The van der Waals surface area contributed by atoms with Gasteiger partial charge in [0, 0.05) is 25.7 Å². The molecule has 0 heterocycles. The number of carboxylic acids is 2. The highest BCUT2D eigenvalue weighted by atomic mass is 16.5. The van der Waals surface area contributed by atoms with Crippen molar-refractivity contribution in [1.29, 1.82) is 0 Å². The third kappa shape index (κ3) is 36.2. The van der Waals surface area contributed by atoms with E-state index in [9.17, 15) is 19.2 Å². The van der Waals surface area contributed by atoms with Gasteiger partial charge >= 0.3 is 23.9 Å². The second-order valence-electron chi connectivity index (χ2n) is 15.1. The third-order valence-electron chi connectivity index (χ3n) is 10.3. The smallest absolute Gasteiger partial charge is 0.306 e. The first-order valence-corrected chi connectivity index (χ1v) is 21.9. The second-order valence-corrected chi connectivity index (χ2v) is 15.1. The van der Waals surface area contributed by atoms with Crippen LogP contribution in [0.3, 0.4) is 0 Å². The van der Waals surface area contributed by atoms with Gasteiger partial charge in [-0.25, -0.2) is 0 Å². The van der Waals surface area contributed by atoms with E-state index in [-0.39, 0.29) is 37.0 Å². The predicted octanol–water partition coefficient (Wildman–Crippen LogP) is 13.0. The maximum atomic E-state index is 12.7. The molecule has 0 bridgehead atoms. The van der Waals surface area contributed by atoms with Crippen LogP contribution in [0.25, 0.3) is 0 Å². The summed E-state index contributed by atoms with van der Waals surface area (Å²) < 4.78 is 12.0. The Kier molecular flexibility index (Phi) is 38.6. The Labute approximate surface area is 320 Å². The van der Waals surface area contributed by atoms with Crippen LogP contribution in [0, 0.1) is 11.8 Å². The summed E-state index contributed by atoms with van der Waals surface area (Å²) in [6, 6.07) is 0. The number of unbranched alkanes of at least 4 members (excludes halogenated alkanes) is 10. The summed E-state index contributed by atoms with van der Waals surface area (Å²) >= 11 is 0. The van der Waals surface area contributed by atoms with Gasteiger partial charge in [0.25, 0.3) is 0 Å². The van der Waals surface area contributed by atoms with Gasteiger partial charge in [0.05, 0.1) is 0 Å². The molecule has 308 valence electrons. The average molecular weight is 741 g/mol. The monoisotopic (exact) mass is 741 g/mol. The Morgan fingerprint density at radius 1 is 0.385 bits per heavy atom. The van der Waals surface area contributed by atoms with Gasteiger partial charge in [-0.2, -0.15) is 0 Å². The summed E-state index contributed by atoms with van der Waals surface area (Å²) in [5.41, 5.74) is 0. The number of aliphatic carboxylic acids is 2. The number of ether oxygens (including phenoxy) is 2. The lowest BCUT2D eigenvalue weighted by Crippen LogP contribution is -2.20. The van der Waals surface area contributed by atoms with Crippen LogP contribution < -0.4 is 0 Å². The average Bonchev–Trinajstić information content (AvgIpc) is 3.12. The van der Waals surface area contributed by atoms with E-state index in [1.165, 1.54) is 89.9 Å². The van der Waals surface area contributed by atoms with Crippen molar-refractivity contribution in [1.82, 2.24) is 0 Å². The van der Waals surface area contributed by atoms with Gasteiger partial charge < -0.3 is 19.7 Å². The molecule has 0 aliphatic carbocycles. The van der Waals surface area contributed by atoms with Crippen LogP contribution >= 0.6 is 0 Å². The number of carboxylic acid groups (broad SMARTS) is 2. The molecule has 8 nitrogen and oxygen atoms in total. The normalized spacial score (nSPS) is 13.3. The van der Waals surface area contributed by atoms with E-state index in [1.807, 2.05) is 0 Å². The minimum Gasteiger partial charge on any atom is -0.481 e. The quantitative estimate of drug-likeness (QED) is 0.0480. The van der Waals surface area contributed by atoms with Crippen molar-refractivity contribution in [3.63, 3.8) is 0 Å². The molecule has 0 aromatic rings. The topological polar surface area (TPSA) is 127 Å². The summed E-state index contributed by atoms with van der Waals surface area (Å²) in [4.78, 5) is 45.3. The van der Waals surface area contributed by atoms with Crippen LogP contribution in [0.5, 0.6) is 0 Å². The Hall–Kier alpha value is -2.12. The van der Waals surface area contributed by atoms with Crippen molar-refractivity contribution >= 4 is 23.9 Å². The zero-order chi connectivity index (χ0) is 39.2. The first kappa shape index (κ1) is 52.0. The lowest BCUT2D eigenvalue weighted by atomic mass is 9.92. The highest BCUT2D eigenvalue weighted by Crippen LogP contribution is 2.25. The predicted molar refractivity (Wildman–Crippen MR) is 215 cm³/mol. The molecule has 2 N–H and O–H groups in total. The SMILES string of the molecule is CCCCCCC(CCC(CC)CCCC)OC(=O)CCCCC(=O)OC(CCCCCC)CCC(CC)CCCC.O=C(O)CCCCC(=O)O. The first-order valence-electron chi connectivity index (χ1n) is 21.9. The van der Waals surface area contributed by atoms with Crippen molar-refractivity contribution in [2.45, 2.75) is 246 Å². The number of hydrogen-bond donors (Lipinski definition) is 2. The summed E-state index contributed by atoms with van der Waals surface area (Å²) in [6.07, 6.45) is 29.3. The van der Waals surface area contributed by atoms with Crippen LogP contribution in [-0.4, -0.2) is 46.3 Å². The molecule has 8 heteroatoms. The summed E-state index contributed by atoms with van der Waals surface area (Å²) in [5, 5.41) is 16.3. The van der Waals surface area contributed by atoms with E-state index in [1.54, 1.807) is 0 Å². The molecule has 4 atom stereocenters. The van der Waals surface area contributed by atoms with Crippen molar-refractivity contribution < 1.29 is 38.9 Å². The fourth-order valence-electron chi connectivity index (χ4n) is 6.64.